The normalized spacial score (nSPS) is 13.8. The second-order valence-corrected chi connectivity index (χ2v) is 26.0. The fourth-order valence-electron chi connectivity index (χ4n) is 10.5. The standard InChI is InChI=1S/C69H79N4O.Pt/c1-44(2)55-28-24-29-56(45(3)4)63(55)61-42-71(51-34-48(66(8,9)10)33-50(36-51)69(17,18)46-25-20-19-21-26-46)43-72(61)52-35-49(67(11,12)13)37-53(39-52)74-54-40-58(68(14,15)16)64-57-27-22-23-30-59(57)73(60(64)41-54)62-38-47(31-32-70-62)65(5,6)7;/h19-38,40,42-45H,1-18H3;/q-3;. The van der Waals surface area contributed by atoms with E-state index in [2.05, 4.69) is 285 Å². The molecule has 0 N–H and O–H groups in total. The van der Waals surface area contributed by atoms with E-state index in [1.807, 2.05) is 6.20 Å². The van der Waals surface area contributed by atoms with Crippen molar-refractivity contribution in [2.45, 2.75) is 164 Å². The zero-order valence-electron chi connectivity index (χ0n) is 47.9. The number of aromatic nitrogens is 2. The van der Waals surface area contributed by atoms with E-state index in [4.69, 9.17) is 9.72 Å². The molecule has 0 spiro atoms. The fourth-order valence-corrected chi connectivity index (χ4v) is 10.5. The molecule has 0 fully saturated rings. The van der Waals surface area contributed by atoms with Gasteiger partial charge in [-0.3, -0.25) is 0 Å². The molecule has 0 atom stereocenters. The van der Waals surface area contributed by atoms with E-state index in [0.717, 1.165) is 44.9 Å². The summed E-state index contributed by atoms with van der Waals surface area (Å²) >= 11 is 0. The number of hydrogen-bond donors (Lipinski definition) is 0. The van der Waals surface area contributed by atoms with Crippen LogP contribution in [0.15, 0.2) is 134 Å². The molecule has 5 nitrogen and oxygen atoms in total. The first-order valence-corrected chi connectivity index (χ1v) is 26.8. The van der Waals surface area contributed by atoms with E-state index in [1.54, 1.807) is 0 Å². The van der Waals surface area contributed by atoms with Gasteiger partial charge >= 0.3 is 0 Å². The third-order valence-electron chi connectivity index (χ3n) is 15.2. The number of benzene rings is 6. The van der Waals surface area contributed by atoms with E-state index in [0.29, 0.717) is 11.5 Å². The molecule has 0 unspecified atom stereocenters. The van der Waals surface area contributed by atoms with E-state index in [9.17, 15) is 0 Å². The number of anilines is 2. The van der Waals surface area contributed by atoms with Gasteiger partial charge in [-0.25, -0.2) is 4.98 Å². The Morgan fingerprint density at radius 3 is 1.75 bits per heavy atom. The summed E-state index contributed by atoms with van der Waals surface area (Å²) in [6.45, 7) is 43.6. The Morgan fingerprint density at radius 2 is 1.13 bits per heavy atom. The summed E-state index contributed by atoms with van der Waals surface area (Å²) < 4.78 is 9.50. The van der Waals surface area contributed by atoms with Gasteiger partial charge in [0.2, 0.25) is 0 Å². The van der Waals surface area contributed by atoms with Crippen LogP contribution < -0.4 is 14.5 Å². The van der Waals surface area contributed by atoms with Crippen LogP contribution in [0.25, 0.3) is 33.3 Å². The van der Waals surface area contributed by atoms with Gasteiger partial charge in [0.05, 0.1) is 0 Å². The van der Waals surface area contributed by atoms with Crippen LogP contribution in [-0.4, -0.2) is 9.55 Å². The van der Waals surface area contributed by atoms with Crippen LogP contribution in [0.3, 0.4) is 0 Å². The second kappa shape index (κ2) is 20.2. The van der Waals surface area contributed by atoms with E-state index in [-0.39, 0.29) is 60.0 Å². The Hall–Kier alpha value is -5.90. The van der Waals surface area contributed by atoms with Gasteiger partial charge in [-0.15, -0.1) is 53.8 Å². The second-order valence-electron chi connectivity index (χ2n) is 26.0. The fraction of sp³-hybridized carbons (Fsp3) is 0.362. The van der Waals surface area contributed by atoms with Crippen LogP contribution in [0.5, 0.6) is 11.5 Å². The molecule has 1 aliphatic heterocycles. The molecule has 6 aromatic carbocycles. The van der Waals surface area contributed by atoms with Crippen LogP contribution in [-0.2, 0) is 48.1 Å². The predicted molar refractivity (Wildman–Crippen MR) is 314 cm³/mol. The maximum atomic E-state index is 7.23. The van der Waals surface area contributed by atoms with Crippen molar-refractivity contribution in [3.63, 3.8) is 0 Å². The molecule has 394 valence electrons. The summed E-state index contributed by atoms with van der Waals surface area (Å²) in [5, 5.41) is 2.33. The van der Waals surface area contributed by atoms with Gasteiger partial charge in [0.15, 0.2) is 0 Å². The monoisotopic (exact) mass is 1170 g/mol. The smallest absolute Gasteiger partial charge is 0.135 e. The Kier molecular flexibility index (Phi) is 14.9. The quantitative estimate of drug-likeness (QED) is 0.128. The molecule has 2 aromatic heterocycles. The minimum Gasteiger partial charge on any atom is -0.509 e. The van der Waals surface area contributed by atoms with Crippen molar-refractivity contribution in [3.8, 4) is 17.3 Å². The Morgan fingerprint density at radius 1 is 0.547 bits per heavy atom. The predicted octanol–water partition coefficient (Wildman–Crippen LogP) is 18.8. The first-order chi connectivity index (χ1) is 34.6. The van der Waals surface area contributed by atoms with E-state index in [1.165, 1.54) is 49.9 Å². The maximum Gasteiger partial charge on any atom is 0.135 e. The van der Waals surface area contributed by atoms with Crippen molar-refractivity contribution in [1.82, 2.24) is 9.55 Å². The molecular weight excluding hydrogens is 1100 g/mol. The number of para-hydroxylation sites is 1. The molecule has 0 bridgehead atoms. The minimum atomic E-state index is -0.242. The summed E-state index contributed by atoms with van der Waals surface area (Å²) in [6.07, 6.45) is 4.29. The molecule has 8 aromatic rings. The Labute approximate surface area is 464 Å². The molecule has 0 saturated carbocycles. The molecule has 0 amide bonds. The zero-order chi connectivity index (χ0) is 53.4. The maximum absolute atomic E-state index is 7.23. The average molecular weight is 1180 g/mol. The SMILES string of the molecule is CC(C)c1cccc(C(C)C)c1C1=CN(c2cc(C(C)(C)C)cc(C(C)(C)c3ccccc3)c2)[CH-]N1c1[c-]c(Oc2[c-]c3c(c(C(C)(C)C)c2)c2ccccc2n3-c2cc(C(C)(C)C)ccn2)cc(C(C)(C)C)c1.[Pt]. The molecule has 0 aliphatic carbocycles. The van der Waals surface area contributed by atoms with Crippen molar-refractivity contribution in [2.75, 3.05) is 9.80 Å². The first-order valence-electron chi connectivity index (χ1n) is 26.8. The van der Waals surface area contributed by atoms with E-state index >= 15 is 0 Å². The van der Waals surface area contributed by atoms with Crippen LogP contribution in [0.1, 0.15) is 187 Å². The summed E-state index contributed by atoms with van der Waals surface area (Å²) in [6, 6.07) is 52.4. The van der Waals surface area contributed by atoms with Crippen molar-refractivity contribution in [1.29, 1.82) is 0 Å². The summed E-state index contributed by atoms with van der Waals surface area (Å²) in [7, 11) is 0. The van der Waals surface area contributed by atoms with Gasteiger partial charge in [-0.2, -0.15) is 0 Å². The molecule has 75 heavy (non-hydrogen) atoms. The number of rotatable bonds is 10. The Balaban J connectivity index is 0.00000747. The van der Waals surface area contributed by atoms with Gasteiger partial charge in [-0.1, -0.05) is 208 Å². The van der Waals surface area contributed by atoms with Crippen molar-refractivity contribution in [2.24, 2.45) is 0 Å². The van der Waals surface area contributed by atoms with Gasteiger partial charge < -0.3 is 19.1 Å². The third kappa shape index (κ3) is 10.9. The van der Waals surface area contributed by atoms with Crippen LogP contribution in [0, 0.1) is 18.8 Å². The summed E-state index contributed by atoms with van der Waals surface area (Å²) in [5.74, 6) is 2.70. The van der Waals surface area contributed by atoms with Gasteiger partial charge in [-0.05, 0) is 109 Å². The van der Waals surface area contributed by atoms with Gasteiger partial charge in [0.25, 0.3) is 0 Å². The number of hydrogen-bond acceptors (Lipinski definition) is 4. The minimum absolute atomic E-state index is 0. The number of ether oxygens (including phenoxy) is 1. The first kappa shape index (κ1) is 55.3. The molecule has 6 heteroatoms. The summed E-state index contributed by atoms with van der Waals surface area (Å²) in [5.41, 5.74) is 15.6. The number of nitrogens with zero attached hydrogens (tertiary/aromatic N) is 4. The van der Waals surface area contributed by atoms with E-state index < -0.39 is 0 Å². The third-order valence-corrected chi connectivity index (χ3v) is 15.2. The van der Waals surface area contributed by atoms with Gasteiger partial charge in [0.1, 0.15) is 5.82 Å². The molecule has 0 saturated heterocycles. The Bertz CT molecular complexity index is 3390. The van der Waals surface area contributed by atoms with Crippen molar-refractivity contribution in [3.05, 3.63) is 203 Å². The number of pyridine rings is 1. The molecule has 0 radical (unpaired) electrons. The summed E-state index contributed by atoms with van der Waals surface area (Å²) in [4.78, 5) is 9.72. The van der Waals surface area contributed by atoms with Gasteiger partial charge in [0, 0.05) is 66.6 Å². The topological polar surface area (TPSA) is 33.5 Å². The molecular formula is C69H79N4OPt-3. The van der Waals surface area contributed by atoms with Crippen LogP contribution >= 0.6 is 0 Å². The average Bonchev–Trinajstić information content (AvgIpc) is 3.93. The molecule has 9 rings (SSSR count). The van der Waals surface area contributed by atoms with Crippen LogP contribution in [0.2, 0.25) is 0 Å². The van der Waals surface area contributed by atoms with Crippen molar-refractivity contribution < 1.29 is 25.8 Å². The number of fused-ring (bicyclic) bond motifs is 3. The largest absolute Gasteiger partial charge is 0.509 e. The zero-order valence-corrected chi connectivity index (χ0v) is 50.2. The molecule has 1 aliphatic rings. The van der Waals surface area contributed by atoms with Crippen molar-refractivity contribution >= 4 is 38.9 Å². The van der Waals surface area contributed by atoms with Crippen LogP contribution in [0.4, 0.5) is 11.4 Å². The molecule has 3 heterocycles.